The Labute approximate surface area is 145 Å². The highest BCUT2D eigenvalue weighted by molar-refractivity contribution is 6.08. The normalized spacial score (nSPS) is 9.95. The molecule has 2 unspecified atom stereocenters. The lowest BCUT2D eigenvalue weighted by Gasteiger charge is -1.79. The molecule has 0 aliphatic carbocycles. The Bertz CT molecular complexity index is 161. The molecular formula is C16H40B2F2O2. The third-order valence-corrected chi connectivity index (χ3v) is 0. The zero-order chi connectivity index (χ0) is 19.7. The summed E-state index contributed by atoms with van der Waals surface area (Å²) >= 11 is 0. The third kappa shape index (κ3) is 14500. The smallest absolute Gasteiger partial charge is 0.126 e. The monoisotopic (exact) mass is 328 g/mol. The number of ketones is 1. The minimum atomic E-state index is -1.92. The van der Waals surface area contributed by atoms with E-state index in [4.69, 9.17) is 7.54 Å². The van der Waals surface area contributed by atoms with Gasteiger partial charge >= 0.3 is 0 Å². The molecule has 136 valence electrons. The largest absolute Gasteiger partial charge is 0.304 e. The number of carbonyl (C=O) groups excluding carboxylic acids is 2. The van der Waals surface area contributed by atoms with Gasteiger partial charge in [0, 0.05) is 13.1 Å². The summed E-state index contributed by atoms with van der Waals surface area (Å²) in [5, 5.41) is 0. The fourth-order valence-corrected chi connectivity index (χ4v) is 0. The van der Waals surface area contributed by atoms with Crippen molar-refractivity contribution in [1.82, 2.24) is 0 Å². The number of rotatable bonds is 0. The minimum Gasteiger partial charge on any atom is -0.304 e. The van der Waals surface area contributed by atoms with Crippen LogP contribution in [0.2, 0.25) is 0 Å². The van der Waals surface area contributed by atoms with Gasteiger partial charge in [-0.15, -0.1) is 0 Å². The van der Waals surface area contributed by atoms with Crippen LogP contribution in [0.15, 0.2) is 0 Å². The molecule has 0 heterocycles. The molecule has 6 heteroatoms. The van der Waals surface area contributed by atoms with E-state index in [0.717, 1.165) is 12.2 Å². The lowest BCUT2D eigenvalue weighted by molar-refractivity contribution is -0.115. The van der Waals surface area contributed by atoms with Gasteiger partial charge < -0.3 is 9.59 Å². The first-order valence-electron chi connectivity index (χ1n) is 7.42. The van der Waals surface area contributed by atoms with Crippen LogP contribution in [-0.2, 0) is 9.59 Å². The van der Waals surface area contributed by atoms with E-state index in [9.17, 15) is 13.6 Å². The van der Waals surface area contributed by atoms with Gasteiger partial charge in [-0.05, 0) is 26.7 Å². The van der Waals surface area contributed by atoms with Crippen LogP contribution in [0.5, 0.6) is 0 Å². The van der Waals surface area contributed by atoms with Crippen molar-refractivity contribution in [3.05, 3.63) is 0 Å². The van der Waals surface area contributed by atoms with E-state index in [1.54, 1.807) is 0 Å². The lowest BCUT2D eigenvalue weighted by Crippen LogP contribution is -1.69. The van der Waals surface area contributed by atoms with Gasteiger partial charge in [0.1, 0.15) is 27.8 Å². The first kappa shape index (κ1) is 37.5. The second kappa shape index (κ2) is 87.3. The topological polar surface area (TPSA) is 34.1 Å². The Morgan fingerprint density at radius 3 is 1.09 bits per heavy atom. The van der Waals surface area contributed by atoms with Crippen molar-refractivity contribution in [1.29, 1.82) is 0 Å². The van der Waals surface area contributed by atoms with Gasteiger partial charge in [-0.1, -0.05) is 55.9 Å². The van der Waals surface area contributed by atoms with E-state index in [1.807, 2.05) is 0 Å². The van der Waals surface area contributed by atoms with E-state index in [0.29, 0.717) is 0 Å². The number of hydrogen-bond acceptors (Lipinski definition) is 2. The van der Waals surface area contributed by atoms with E-state index >= 15 is 0 Å². The van der Waals surface area contributed by atoms with Crippen LogP contribution in [-0.4, -0.2) is 40.9 Å². The average molecular weight is 328 g/mol. The summed E-state index contributed by atoms with van der Waals surface area (Å²) in [5.74, 6) is 1.00. The highest BCUT2D eigenvalue weighted by Gasteiger charge is 1.68. The molecule has 0 aromatic heterocycles. The maximum atomic E-state index is 10.4. The Morgan fingerprint density at radius 2 is 1.09 bits per heavy atom. The lowest BCUT2D eigenvalue weighted by atomic mass is 10.2. The average Bonchev–Trinajstić information content (AvgIpc) is 2.13. The molecule has 0 aliphatic heterocycles. The van der Waals surface area contributed by atoms with Crippen molar-refractivity contribution < 1.29 is 21.1 Å². The van der Waals surface area contributed by atoms with Crippen LogP contribution in [0, 0.1) is 5.92 Å². The van der Waals surface area contributed by atoms with E-state index < -0.39 is 13.1 Å². The first-order chi connectivity index (χ1) is 9.76. The molecule has 0 saturated heterocycles. The Morgan fingerprint density at radius 1 is 1.09 bits per heavy atom. The zero-order valence-corrected chi connectivity index (χ0v) is 14.2. The molecule has 0 rings (SSSR count). The van der Waals surface area contributed by atoms with Crippen molar-refractivity contribution in [2.45, 2.75) is 76.7 Å². The van der Waals surface area contributed by atoms with Crippen LogP contribution in [0.25, 0.3) is 0 Å². The van der Waals surface area contributed by atoms with Gasteiger partial charge in [-0.3, -0.25) is 8.78 Å². The predicted molar refractivity (Wildman–Crippen MR) is 101 cm³/mol. The fourth-order valence-electron chi connectivity index (χ4n) is 0. The number of carbonyl (C=O) groups is 2. The highest BCUT2D eigenvalue weighted by Crippen LogP contribution is 1.81. The van der Waals surface area contributed by atoms with Gasteiger partial charge in [-0.25, -0.2) is 0 Å². The SMILES string of the molecule is C.C.CC(C)=O.CC(C)C.CC=O.CCC.[3H]C([B])F.[3H]C([B])F. The summed E-state index contributed by atoms with van der Waals surface area (Å²) in [6.45, 7) is 11.4. The summed E-state index contributed by atoms with van der Waals surface area (Å²) in [7, 11) is 8.22. The van der Waals surface area contributed by atoms with Crippen molar-refractivity contribution in [3.8, 4) is 0 Å². The molecule has 0 fully saturated rings. The van der Waals surface area contributed by atoms with E-state index in [1.165, 1.54) is 27.2 Å². The number of aldehydes is 1. The zero-order valence-electron chi connectivity index (χ0n) is 16.2. The molecule has 0 saturated carbocycles. The molecular weight excluding hydrogens is 284 g/mol. The second-order valence-corrected chi connectivity index (χ2v) is 3.84. The minimum absolute atomic E-state index is 0. The predicted octanol–water partition coefficient (Wildman–Crippen LogP) is 5.32. The third-order valence-electron chi connectivity index (χ3n) is 0. The standard InChI is InChI=1S/C4H10.C3H6O.C3H8.C2H4O.2CH2BF.2CH4/c1-4(2)3;1-3(2)4;1-3-2;1-2-3;2*2-1-3;;/h4H,1-3H3;1-2H3;3H2,1-2H3;2H,1H3;2*1H2;2*1H4/i;;;;2*1T;;. The molecule has 0 aliphatic rings. The molecule has 22 heavy (non-hydrogen) atoms. The first-order valence-corrected chi connectivity index (χ1v) is 6.27. The van der Waals surface area contributed by atoms with Crippen molar-refractivity contribution in [2.24, 2.45) is 5.92 Å². The molecule has 0 N–H and O–H groups in total. The van der Waals surface area contributed by atoms with Crippen LogP contribution < -0.4 is 0 Å². The molecule has 0 aromatic rings. The van der Waals surface area contributed by atoms with E-state index in [2.05, 4.69) is 50.3 Å². The summed E-state index contributed by atoms with van der Waals surface area (Å²) in [6.07, 6.45) is 2.00. The van der Waals surface area contributed by atoms with E-state index in [-0.39, 0.29) is 20.6 Å². The maximum absolute atomic E-state index is 10.4. The molecule has 0 bridgehead atoms. The summed E-state index contributed by atoms with van der Waals surface area (Å²) in [5.41, 5.74) is 0. The van der Waals surface area contributed by atoms with Gasteiger partial charge in [0.15, 0.2) is 0 Å². The fraction of sp³-hybridized carbons (Fsp3) is 0.875. The van der Waals surface area contributed by atoms with Crippen molar-refractivity contribution in [2.75, 3.05) is 13.1 Å². The van der Waals surface area contributed by atoms with Gasteiger partial charge in [-0.2, -0.15) is 0 Å². The van der Waals surface area contributed by atoms with Gasteiger partial charge in [0.2, 0.25) is 0 Å². The second-order valence-electron chi connectivity index (χ2n) is 3.84. The van der Waals surface area contributed by atoms with Crippen LogP contribution >= 0.6 is 0 Å². The van der Waals surface area contributed by atoms with Crippen LogP contribution in [0.4, 0.5) is 8.78 Å². The Hall–Kier alpha value is -0.670. The van der Waals surface area contributed by atoms with Crippen molar-refractivity contribution in [3.63, 3.8) is 0 Å². The Balaban J connectivity index is -0.0000000211. The van der Waals surface area contributed by atoms with Crippen molar-refractivity contribution >= 4 is 27.8 Å². The molecule has 0 aromatic carbocycles. The molecule has 2 atom stereocenters. The summed E-state index contributed by atoms with van der Waals surface area (Å²) in [6, 6.07) is 0. The maximum Gasteiger partial charge on any atom is 0.126 e. The number of alkyl halides is 2. The molecule has 2 nitrogen and oxygen atoms in total. The number of Topliss-reactive ketones (excluding diaryl/α,β-unsaturated/α-hetero) is 1. The van der Waals surface area contributed by atoms with Gasteiger partial charge in [0.25, 0.3) is 0 Å². The quantitative estimate of drug-likeness (QED) is 0.446. The summed E-state index contributed by atoms with van der Waals surface area (Å²) < 4.78 is 32.3. The summed E-state index contributed by atoms with van der Waals surface area (Å²) in [4.78, 5) is 18.2. The van der Waals surface area contributed by atoms with Crippen LogP contribution in [0.3, 0.4) is 0 Å². The van der Waals surface area contributed by atoms with Crippen LogP contribution in [0.1, 0.15) is 79.4 Å². The number of hydrogen-bond donors (Lipinski definition) is 0. The molecule has 0 spiro atoms. The molecule has 0 amide bonds. The molecule has 4 radical (unpaired) electrons. The van der Waals surface area contributed by atoms with Gasteiger partial charge in [0.05, 0.1) is 2.74 Å². The highest BCUT2D eigenvalue weighted by atomic mass is 19.1. The Kier molecular flexibility index (Phi) is 149. The number of halogens is 2.